The van der Waals surface area contributed by atoms with Crippen LogP contribution < -0.4 is 16.2 Å². The van der Waals surface area contributed by atoms with Crippen LogP contribution in [0.25, 0.3) is 0 Å². The molecule has 0 aromatic heterocycles. The summed E-state index contributed by atoms with van der Waals surface area (Å²) in [5.41, 5.74) is 12.3. The Morgan fingerprint density at radius 3 is 2.41 bits per heavy atom. The third-order valence-electron chi connectivity index (χ3n) is 6.93. The lowest BCUT2D eigenvalue weighted by Crippen LogP contribution is -2.43. The Hall–Kier alpha value is -3.19. The van der Waals surface area contributed by atoms with Crippen molar-refractivity contribution in [2.24, 2.45) is 28.3 Å². The SMILES string of the molecule is C#N.CC(C)/C(N)=N/C(=O)N1CCC(CCCOc2ccc(CC(N)C(=O)N3CCCC3)c(F)c2)CC1. The highest BCUT2D eigenvalue weighted by molar-refractivity contribution is 5.93. The molecule has 9 nitrogen and oxygen atoms in total. The van der Waals surface area contributed by atoms with Crippen LogP contribution in [0.4, 0.5) is 9.18 Å². The van der Waals surface area contributed by atoms with Gasteiger partial charge in [0.15, 0.2) is 0 Å². The van der Waals surface area contributed by atoms with Crippen molar-refractivity contribution in [1.82, 2.24) is 9.80 Å². The van der Waals surface area contributed by atoms with E-state index in [0.717, 1.165) is 51.6 Å². The molecule has 3 rings (SSSR count). The monoisotopic (exact) mass is 516 g/mol. The molecule has 2 aliphatic rings. The fourth-order valence-corrected chi connectivity index (χ4v) is 4.56. The summed E-state index contributed by atoms with van der Waals surface area (Å²) in [6.45, 7) is 10.7. The molecule has 3 amide bonds. The molecule has 0 bridgehead atoms. The Morgan fingerprint density at radius 2 is 1.81 bits per heavy atom. The molecule has 1 unspecified atom stereocenters. The van der Waals surface area contributed by atoms with Gasteiger partial charge in [0.1, 0.15) is 17.4 Å². The number of amides is 3. The van der Waals surface area contributed by atoms with E-state index in [0.29, 0.717) is 42.8 Å². The van der Waals surface area contributed by atoms with Crippen LogP contribution in [0.5, 0.6) is 5.75 Å². The van der Waals surface area contributed by atoms with Crippen LogP contribution in [0.2, 0.25) is 0 Å². The molecule has 4 N–H and O–H groups in total. The van der Waals surface area contributed by atoms with Gasteiger partial charge in [0.05, 0.1) is 12.6 Å². The average molecular weight is 517 g/mol. The zero-order chi connectivity index (χ0) is 27.4. The van der Waals surface area contributed by atoms with Crippen LogP contribution in [-0.2, 0) is 11.2 Å². The first-order valence-electron chi connectivity index (χ1n) is 13.1. The molecule has 2 heterocycles. The van der Waals surface area contributed by atoms with Crippen LogP contribution >= 0.6 is 0 Å². The van der Waals surface area contributed by atoms with Crippen molar-refractivity contribution < 1.29 is 18.7 Å². The van der Waals surface area contributed by atoms with E-state index >= 15 is 0 Å². The summed E-state index contributed by atoms with van der Waals surface area (Å²) in [6, 6.07) is 3.79. The van der Waals surface area contributed by atoms with E-state index in [1.165, 1.54) is 6.07 Å². The highest BCUT2D eigenvalue weighted by Crippen LogP contribution is 2.23. The lowest BCUT2D eigenvalue weighted by molar-refractivity contribution is -0.131. The first-order chi connectivity index (χ1) is 17.7. The molecule has 204 valence electrons. The average Bonchev–Trinajstić information content (AvgIpc) is 3.44. The van der Waals surface area contributed by atoms with Crippen LogP contribution in [0.3, 0.4) is 0 Å². The van der Waals surface area contributed by atoms with Crippen molar-refractivity contribution in [2.75, 3.05) is 32.8 Å². The minimum atomic E-state index is -0.726. The van der Waals surface area contributed by atoms with Gasteiger partial charge in [0, 0.05) is 44.7 Å². The molecule has 2 saturated heterocycles. The Balaban J connectivity index is 0.00000235. The molecule has 0 spiro atoms. The number of hydrogen-bond acceptors (Lipinski definition) is 5. The summed E-state index contributed by atoms with van der Waals surface area (Å²) >= 11 is 0. The maximum Gasteiger partial charge on any atom is 0.345 e. The standard InChI is InChI=1S/C26H40FN5O3.CHN/c1-18(2)24(29)30-26(34)32-13-9-19(10-14-32)6-5-15-35-21-8-7-20(22(27)17-21)16-23(28)25(33)31-11-3-4-12-31;1-2/h7-8,17-19,23H,3-6,9-16,28H2,1-2H3,(H2,29,30,34);1H. The second kappa shape index (κ2) is 15.2. The number of urea groups is 1. The Morgan fingerprint density at radius 1 is 1.16 bits per heavy atom. The van der Waals surface area contributed by atoms with E-state index in [-0.39, 0.29) is 24.3 Å². The molecular weight excluding hydrogens is 475 g/mol. The van der Waals surface area contributed by atoms with Gasteiger partial charge >= 0.3 is 6.03 Å². The smallest absolute Gasteiger partial charge is 0.345 e. The van der Waals surface area contributed by atoms with Gasteiger partial charge in [-0.05, 0) is 62.5 Å². The molecule has 2 aliphatic heterocycles. The molecule has 10 heteroatoms. The minimum absolute atomic E-state index is 0.0581. The number of nitrogens with zero attached hydrogens (tertiary/aromatic N) is 4. The van der Waals surface area contributed by atoms with Gasteiger partial charge in [-0.15, -0.1) is 0 Å². The van der Waals surface area contributed by atoms with E-state index in [1.54, 1.807) is 21.9 Å². The number of ether oxygens (including phenoxy) is 1. The summed E-state index contributed by atoms with van der Waals surface area (Å²) in [5, 5.41) is 6.50. The molecule has 1 aromatic rings. The van der Waals surface area contributed by atoms with Crippen molar-refractivity contribution in [3.05, 3.63) is 29.6 Å². The number of likely N-dealkylation sites (tertiary alicyclic amines) is 2. The predicted molar refractivity (Wildman–Crippen MR) is 141 cm³/mol. The Kier molecular flexibility index (Phi) is 12.3. The predicted octanol–water partition coefficient (Wildman–Crippen LogP) is 3.46. The molecular formula is C27H41FN6O3. The molecule has 1 atom stereocenters. The Labute approximate surface area is 219 Å². The maximum atomic E-state index is 14.6. The number of amidine groups is 1. The highest BCUT2D eigenvalue weighted by Gasteiger charge is 2.25. The molecule has 0 radical (unpaired) electrons. The number of benzene rings is 1. The van der Waals surface area contributed by atoms with Gasteiger partial charge in [0.25, 0.3) is 0 Å². The van der Waals surface area contributed by atoms with E-state index in [9.17, 15) is 14.0 Å². The zero-order valence-electron chi connectivity index (χ0n) is 22.1. The number of nitriles is 1. The van der Waals surface area contributed by atoms with Crippen LogP contribution in [0, 0.1) is 29.5 Å². The second-order valence-corrected chi connectivity index (χ2v) is 9.99. The van der Waals surface area contributed by atoms with Crippen molar-refractivity contribution >= 4 is 17.8 Å². The summed E-state index contributed by atoms with van der Waals surface area (Å²) < 4.78 is 20.3. The lowest BCUT2D eigenvalue weighted by Gasteiger charge is -2.30. The fraction of sp³-hybridized carbons (Fsp3) is 0.630. The van der Waals surface area contributed by atoms with Gasteiger partial charge in [-0.25, -0.2) is 14.4 Å². The second-order valence-electron chi connectivity index (χ2n) is 9.99. The van der Waals surface area contributed by atoms with E-state index in [1.807, 2.05) is 13.8 Å². The van der Waals surface area contributed by atoms with Gasteiger partial charge in [-0.3, -0.25) is 4.79 Å². The van der Waals surface area contributed by atoms with Crippen LogP contribution in [-0.4, -0.2) is 66.4 Å². The zero-order valence-corrected chi connectivity index (χ0v) is 22.1. The number of halogens is 1. The minimum Gasteiger partial charge on any atom is -0.493 e. The number of nitrogens with two attached hydrogens (primary N) is 2. The third-order valence-corrected chi connectivity index (χ3v) is 6.93. The van der Waals surface area contributed by atoms with Gasteiger partial charge in [0.2, 0.25) is 5.91 Å². The summed E-state index contributed by atoms with van der Waals surface area (Å²) in [6.07, 6.45) is 5.90. The largest absolute Gasteiger partial charge is 0.493 e. The lowest BCUT2D eigenvalue weighted by atomic mass is 9.92. The first kappa shape index (κ1) is 30.0. The number of aliphatic imine (C=N–C) groups is 1. The third kappa shape index (κ3) is 9.32. The molecule has 0 saturated carbocycles. The quantitative estimate of drug-likeness (QED) is 0.293. The van der Waals surface area contributed by atoms with Crippen molar-refractivity contribution in [2.45, 2.75) is 64.8 Å². The van der Waals surface area contributed by atoms with Gasteiger partial charge in [-0.1, -0.05) is 19.9 Å². The summed E-state index contributed by atoms with van der Waals surface area (Å²) in [7, 11) is 0. The van der Waals surface area contributed by atoms with Gasteiger partial charge < -0.3 is 26.0 Å². The van der Waals surface area contributed by atoms with Crippen molar-refractivity contribution in [3.63, 3.8) is 0 Å². The van der Waals surface area contributed by atoms with Crippen molar-refractivity contribution in [3.8, 4) is 12.3 Å². The summed E-state index contributed by atoms with van der Waals surface area (Å²) in [5.74, 6) is 0.934. The normalized spacial score (nSPS) is 17.3. The van der Waals surface area contributed by atoms with Crippen LogP contribution in [0.15, 0.2) is 23.2 Å². The summed E-state index contributed by atoms with van der Waals surface area (Å²) in [4.78, 5) is 32.1. The van der Waals surface area contributed by atoms with E-state index in [2.05, 4.69) is 11.6 Å². The van der Waals surface area contributed by atoms with Crippen LogP contribution in [0.1, 0.15) is 57.9 Å². The molecule has 2 fully saturated rings. The number of carbonyl (C=O) groups is 2. The molecule has 37 heavy (non-hydrogen) atoms. The maximum absolute atomic E-state index is 14.6. The molecule has 1 aromatic carbocycles. The fourth-order valence-electron chi connectivity index (χ4n) is 4.56. The number of piperidine rings is 1. The van der Waals surface area contributed by atoms with Crippen molar-refractivity contribution in [1.29, 1.82) is 5.26 Å². The van der Waals surface area contributed by atoms with E-state index < -0.39 is 11.9 Å². The highest BCUT2D eigenvalue weighted by atomic mass is 19.1. The Bertz CT molecular complexity index is 937. The van der Waals surface area contributed by atoms with Gasteiger partial charge in [-0.2, -0.15) is 4.99 Å². The number of hydrogen-bond donors (Lipinski definition) is 2. The number of rotatable bonds is 9. The first-order valence-corrected chi connectivity index (χ1v) is 13.1. The topological polar surface area (TPSA) is 138 Å². The van der Waals surface area contributed by atoms with E-state index in [4.69, 9.17) is 21.5 Å². The molecule has 0 aliphatic carbocycles. The number of carbonyl (C=O) groups excluding carboxylic acids is 2.